The molecule has 0 atom stereocenters. The van der Waals surface area contributed by atoms with E-state index in [0.29, 0.717) is 13.1 Å². The van der Waals surface area contributed by atoms with E-state index in [9.17, 15) is 4.79 Å². The van der Waals surface area contributed by atoms with Crippen LogP contribution in [0.3, 0.4) is 0 Å². The zero-order chi connectivity index (χ0) is 38.4. The van der Waals surface area contributed by atoms with Gasteiger partial charge in [0.05, 0.1) is 11.7 Å². The molecule has 316 valence electrons. The van der Waals surface area contributed by atoms with Gasteiger partial charge in [-0.2, -0.15) is 0 Å². The van der Waals surface area contributed by atoms with Crippen LogP contribution < -0.4 is 10.6 Å². The van der Waals surface area contributed by atoms with Crippen LogP contribution in [0.1, 0.15) is 232 Å². The molecular formula is C47H92N6O. The summed E-state index contributed by atoms with van der Waals surface area (Å²) in [4.78, 5) is 27.2. The van der Waals surface area contributed by atoms with Crippen LogP contribution in [-0.2, 0) is 0 Å². The number of unbranched alkanes of at least 4 members (excludes halogenated alkanes) is 28. The molecule has 2 aliphatic heterocycles. The van der Waals surface area contributed by atoms with Gasteiger partial charge in [-0.1, -0.05) is 194 Å². The Hall–Kier alpha value is -1.79. The Morgan fingerprint density at radius 2 is 0.722 bits per heavy atom. The molecule has 0 fully saturated rings. The lowest BCUT2D eigenvalue weighted by molar-refractivity contribution is 0.238. The van der Waals surface area contributed by atoms with Crippen LogP contribution >= 0.6 is 0 Å². The molecule has 0 aliphatic carbocycles. The summed E-state index contributed by atoms with van der Waals surface area (Å²) in [6.07, 6.45) is 46.4. The fourth-order valence-electron chi connectivity index (χ4n) is 8.33. The van der Waals surface area contributed by atoms with E-state index < -0.39 is 0 Å². The van der Waals surface area contributed by atoms with Crippen molar-refractivity contribution in [2.45, 2.75) is 232 Å². The molecule has 0 saturated carbocycles. The van der Waals surface area contributed by atoms with Gasteiger partial charge < -0.3 is 20.4 Å². The van der Waals surface area contributed by atoms with Crippen molar-refractivity contribution in [3.63, 3.8) is 0 Å². The summed E-state index contributed by atoms with van der Waals surface area (Å²) in [5.41, 5.74) is 0. The van der Waals surface area contributed by atoms with Crippen molar-refractivity contribution in [1.82, 2.24) is 20.4 Å². The fourth-order valence-corrected chi connectivity index (χ4v) is 8.33. The third-order valence-corrected chi connectivity index (χ3v) is 11.8. The molecule has 7 heteroatoms. The lowest BCUT2D eigenvalue weighted by Crippen LogP contribution is -2.46. The van der Waals surface area contributed by atoms with Gasteiger partial charge in [-0.3, -0.25) is 9.98 Å². The molecule has 7 nitrogen and oxygen atoms in total. The summed E-state index contributed by atoms with van der Waals surface area (Å²) in [5, 5.41) is 6.22. The van der Waals surface area contributed by atoms with Crippen molar-refractivity contribution in [3.05, 3.63) is 0 Å². The number of aliphatic imine (C=N–C) groups is 2. The Morgan fingerprint density at radius 3 is 1.02 bits per heavy atom. The summed E-state index contributed by atoms with van der Waals surface area (Å²) >= 11 is 0. The van der Waals surface area contributed by atoms with Crippen LogP contribution in [0.4, 0.5) is 4.79 Å². The highest BCUT2D eigenvalue weighted by molar-refractivity contribution is 5.83. The molecule has 0 aromatic carbocycles. The topological polar surface area (TPSA) is 72.3 Å². The van der Waals surface area contributed by atoms with E-state index >= 15 is 0 Å². The van der Waals surface area contributed by atoms with E-state index in [0.717, 1.165) is 65.0 Å². The smallest absolute Gasteiger partial charge is 0.314 e. The minimum Gasteiger partial charge on any atom is -0.359 e. The third kappa shape index (κ3) is 27.7. The quantitative estimate of drug-likeness (QED) is 0.0616. The Bertz CT molecular complexity index is 837. The molecule has 0 radical (unpaired) electrons. The molecule has 0 spiro atoms. The maximum absolute atomic E-state index is 12.6. The molecule has 2 aliphatic rings. The van der Waals surface area contributed by atoms with Gasteiger partial charge in [-0.15, -0.1) is 0 Å². The summed E-state index contributed by atoms with van der Waals surface area (Å²) in [7, 11) is 0. The lowest BCUT2D eigenvalue weighted by atomic mass is 10.0. The number of hydrogen-bond donors (Lipinski definition) is 2. The number of nitrogens with one attached hydrogen (secondary N) is 2. The van der Waals surface area contributed by atoms with Gasteiger partial charge in [0.1, 0.15) is 0 Å². The van der Waals surface area contributed by atoms with Gasteiger partial charge in [-0.25, -0.2) is 4.79 Å². The number of amidine groups is 2. The standard InChI is InChI=1S/C47H92N6O/c1-3-5-7-9-11-13-15-17-19-21-23-25-27-29-31-35-45-48-37-33-41-52(45)43-39-50-47(54)51-40-44-53-42-34-38-49-46(53)36-32-30-28-26-24-22-20-18-16-14-12-10-8-6-4-2/h3-44H2,1-2H3,(H2,50,51,54). The predicted molar refractivity (Wildman–Crippen MR) is 237 cm³/mol. The van der Waals surface area contributed by atoms with Gasteiger partial charge in [0.25, 0.3) is 0 Å². The van der Waals surface area contributed by atoms with Crippen molar-refractivity contribution in [2.24, 2.45) is 9.98 Å². The predicted octanol–water partition coefficient (Wildman–Crippen LogP) is 13.0. The first-order chi connectivity index (χ1) is 26.7. The minimum atomic E-state index is -0.0502. The second kappa shape index (κ2) is 36.8. The van der Waals surface area contributed by atoms with E-state index in [4.69, 9.17) is 9.98 Å². The van der Waals surface area contributed by atoms with Crippen LogP contribution in [0.5, 0.6) is 0 Å². The summed E-state index contributed by atoms with van der Waals surface area (Å²) in [5.74, 6) is 2.54. The Kier molecular flexibility index (Phi) is 33.0. The molecule has 54 heavy (non-hydrogen) atoms. The summed E-state index contributed by atoms with van der Waals surface area (Å²) in [6.45, 7) is 11.7. The van der Waals surface area contributed by atoms with Gasteiger partial charge in [0, 0.05) is 65.2 Å². The second-order valence-electron chi connectivity index (χ2n) is 16.9. The fraction of sp³-hybridized carbons (Fsp3) is 0.936. The Morgan fingerprint density at radius 1 is 0.444 bits per heavy atom. The molecular weight excluding hydrogens is 665 g/mol. The molecule has 2 amide bonds. The molecule has 0 saturated heterocycles. The average Bonchev–Trinajstić information content (AvgIpc) is 3.19. The monoisotopic (exact) mass is 757 g/mol. The Balaban J connectivity index is 1.42. The van der Waals surface area contributed by atoms with Crippen LogP contribution in [0, 0.1) is 0 Å². The maximum Gasteiger partial charge on any atom is 0.314 e. The normalized spacial score (nSPS) is 14.7. The first kappa shape index (κ1) is 48.4. The van der Waals surface area contributed by atoms with Crippen molar-refractivity contribution in [1.29, 1.82) is 0 Å². The van der Waals surface area contributed by atoms with E-state index in [2.05, 4.69) is 34.3 Å². The average molecular weight is 757 g/mol. The van der Waals surface area contributed by atoms with Gasteiger partial charge in [0.15, 0.2) is 0 Å². The minimum absolute atomic E-state index is 0.0502. The molecule has 2 rings (SSSR count). The zero-order valence-corrected chi connectivity index (χ0v) is 36.4. The molecule has 0 bridgehead atoms. The molecule has 2 N–H and O–H groups in total. The van der Waals surface area contributed by atoms with Crippen molar-refractivity contribution >= 4 is 17.7 Å². The van der Waals surface area contributed by atoms with Crippen LogP contribution in [0.25, 0.3) is 0 Å². The first-order valence-electron chi connectivity index (χ1n) is 24.3. The van der Waals surface area contributed by atoms with Crippen molar-refractivity contribution < 1.29 is 4.79 Å². The number of rotatable bonds is 38. The van der Waals surface area contributed by atoms with E-state index in [1.54, 1.807) is 0 Å². The third-order valence-electron chi connectivity index (χ3n) is 11.8. The highest BCUT2D eigenvalue weighted by Crippen LogP contribution is 2.17. The number of urea groups is 1. The summed E-state index contributed by atoms with van der Waals surface area (Å²) < 4.78 is 0. The van der Waals surface area contributed by atoms with Gasteiger partial charge in [-0.05, 0) is 25.7 Å². The zero-order valence-electron chi connectivity index (χ0n) is 36.4. The van der Waals surface area contributed by atoms with E-state index in [-0.39, 0.29) is 6.03 Å². The molecule has 0 unspecified atom stereocenters. The van der Waals surface area contributed by atoms with Crippen LogP contribution in [-0.4, -0.2) is 79.9 Å². The van der Waals surface area contributed by atoms with Crippen molar-refractivity contribution in [2.75, 3.05) is 52.4 Å². The molecule has 0 aromatic heterocycles. The van der Waals surface area contributed by atoms with Crippen molar-refractivity contribution in [3.8, 4) is 0 Å². The van der Waals surface area contributed by atoms with E-state index in [1.165, 1.54) is 204 Å². The number of carbonyl (C=O) groups excluding carboxylic acids is 1. The van der Waals surface area contributed by atoms with Gasteiger partial charge in [0.2, 0.25) is 0 Å². The van der Waals surface area contributed by atoms with Gasteiger partial charge >= 0.3 is 6.03 Å². The molecule has 0 aromatic rings. The molecule has 2 heterocycles. The Labute approximate surface area is 336 Å². The summed E-state index contributed by atoms with van der Waals surface area (Å²) in [6, 6.07) is -0.0502. The number of carbonyl (C=O) groups is 1. The van der Waals surface area contributed by atoms with E-state index in [1.807, 2.05) is 0 Å². The number of amides is 2. The second-order valence-corrected chi connectivity index (χ2v) is 16.9. The van der Waals surface area contributed by atoms with Crippen LogP contribution in [0.2, 0.25) is 0 Å². The highest BCUT2D eigenvalue weighted by atomic mass is 16.2. The highest BCUT2D eigenvalue weighted by Gasteiger charge is 2.16. The van der Waals surface area contributed by atoms with Crippen LogP contribution in [0.15, 0.2) is 9.98 Å². The number of nitrogens with zero attached hydrogens (tertiary/aromatic N) is 4. The maximum atomic E-state index is 12.6. The first-order valence-corrected chi connectivity index (χ1v) is 24.3. The largest absolute Gasteiger partial charge is 0.359 e. The SMILES string of the molecule is CCCCCCCCCCCCCCCCCC1=NCCCN1CCNC(=O)NCCN1CCCN=C1CCCCCCCCCCCCCCCCC. The lowest BCUT2D eigenvalue weighted by Gasteiger charge is -2.30. The number of hydrogen-bond acceptors (Lipinski definition) is 5.